The van der Waals surface area contributed by atoms with Crippen molar-refractivity contribution in [2.24, 2.45) is 5.92 Å². The van der Waals surface area contributed by atoms with Gasteiger partial charge in [-0.2, -0.15) is 10.4 Å². The minimum Gasteiger partial charge on any atom is -0.273 e. The Morgan fingerprint density at radius 3 is 2.24 bits per heavy atom. The SMILES string of the molecule is CC1=C(C#N)C(=O)N(CC(C)C)C(=O)/C1=C/c1cn(-c2ccccc2)nc1-c1ccccc1. The van der Waals surface area contributed by atoms with Crippen LogP contribution >= 0.6 is 0 Å². The molecule has 2 heterocycles. The quantitative estimate of drug-likeness (QED) is 0.426. The van der Waals surface area contributed by atoms with E-state index in [-0.39, 0.29) is 18.0 Å². The largest absolute Gasteiger partial charge is 0.273 e. The van der Waals surface area contributed by atoms with Crippen molar-refractivity contribution in [2.45, 2.75) is 20.8 Å². The van der Waals surface area contributed by atoms with Crippen molar-refractivity contribution in [1.82, 2.24) is 14.7 Å². The second-order valence-electron chi connectivity index (χ2n) is 8.36. The fraction of sp³-hybridized carbons (Fsp3) is 0.185. The van der Waals surface area contributed by atoms with Gasteiger partial charge in [-0.3, -0.25) is 14.5 Å². The third-order valence-electron chi connectivity index (χ3n) is 5.48. The number of rotatable bonds is 5. The van der Waals surface area contributed by atoms with E-state index in [1.54, 1.807) is 17.7 Å². The molecule has 1 aliphatic heterocycles. The van der Waals surface area contributed by atoms with Gasteiger partial charge in [-0.25, -0.2) is 4.68 Å². The number of aromatic nitrogens is 2. The first kappa shape index (κ1) is 22.0. The van der Waals surface area contributed by atoms with Crippen LogP contribution in [0.5, 0.6) is 0 Å². The third kappa shape index (κ3) is 4.26. The minimum atomic E-state index is -0.533. The number of para-hydroxylation sites is 1. The Labute approximate surface area is 193 Å². The van der Waals surface area contributed by atoms with E-state index >= 15 is 0 Å². The number of carbonyl (C=O) groups is 2. The van der Waals surface area contributed by atoms with Gasteiger partial charge >= 0.3 is 0 Å². The Hall–Kier alpha value is -4.24. The average Bonchev–Trinajstić information content (AvgIpc) is 3.25. The summed E-state index contributed by atoms with van der Waals surface area (Å²) in [6.07, 6.45) is 3.60. The molecular weight excluding hydrogens is 412 g/mol. The maximum Gasteiger partial charge on any atom is 0.271 e. The number of nitriles is 1. The third-order valence-corrected chi connectivity index (χ3v) is 5.48. The monoisotopic (exact) mass is 436 g/mol. The van der Waals surface area contributed by atoms with E-state index in [9.17, 15) is 14.9 Å². The molecule has 33 heavy (non-hydrogen) atoms. The predicted molar refractivity (Wildman–Crippen MR) is 127 cm³/mol. The van der Waals surface area contributed by atoms with Crippen LogP contribution in [0, 0.1) is 17.2 Å². The Morgan fingerprint density at radius 1 is 1.00 bits per heavy atom. The molecule has 0 unspecified atom stereocenters. The maximum atomic E-state index is 13.3. The van der Waals surface area contributed by atoms with Crippen molar-refractivity contribution in [3.8, 4) is 23.0 Å². The van der Waals surface area contributed by atoms with Crippen LogP contribution in [-0.4, -0.2) is 33.0 Å². The molecule has 0 radical (unpaired) electrons. The van der Waals surface area contributed by atoms with Crippen molar-refractivity contribution in [2.75, 3.05) is 6.54 Å². The van der Waals surface area contributed by atoms with Crippen LogP contribution in [-0.2, 0) is 9.59 Å². The molecule has 0 saturated heterocycles. The van der Waals surface area contributed by atoms with Gasteiger partial charge in [-0.1, -0.05) is 62.4 Å². The van der Waals surface area contributed by atoms with Crippen molar-refractivity contribution in [3.63, 3.8) is 0 Å². The zero-order valence-electron chi connectivity index (χ0n) is 18.8. The van der Waals surface area contributed by atoms with Crippen LogP contribution in [0.3, 0.4) is 0 Å². The first-order valence-electron chi connectivity index (χ1n) is 10.8. The van der Waals surface area contributed by atoms with Gasteiger partial charge in [0, 0.05) is 29.4 Å². The van der Waals surface area contributed by atoms with Gasteiger partial charge in [0.25, 0.3) is 11.8 Å². The number of carbonyl (C=O) groups excluding carboxylic acids is 2. The Balaban J connectivity index is 1.90. The van der Waals surface area contributed by atoms with Gasteiger partial charge in [0.05, 0.1) is 11.4 Å². The summed E-state index contributed by atoms with van der Waals surface area (Å²) in [7, 11) is 0. The lowest BCUT2D eigenvalue weighted by Crippen LogP contribution is -2.44. The topological polar surface area (TPSA) is 79.0 Å². The molecule has 2 amide bonds. The van der Waals surface area contributed by atoms with Crippen LogP contribution in [0.2, 0.25) is 0 Å². The van der Waals surface area contributed by atoms with E-state index in [2.05, 4.69) is 0 Å². The van der Waals surface area contributed by atoms with E-state index in [0.717, 1.165) is 16.8 Å². The number of hydrogen-bond donors (Lipinski definition) is 0. The standard InChI is InChI=1S/C27H24N4O2/c1-18(2)16-30-26(32)23(19(3)24(15-28)27(30)33)14-21-17-31(22-12-8-5-9-13-22)29-25(21)20-10-6-4-7-11-20/h4-14,17-18H,16H2,1-3H3/b23-14+. The van der Waals surface area contributed by atoms with E-state index < -0.39 is 11.8 Å². The Morgan fingerprint density at radius 2 is 1.64 bits per heavy atom. The summed E-state index contributed by atoms with van der Waals surface area (Å²) in [6.45, 7) is 5.76. The van der Waals surface area contributed by atoms with E-state index in [1.165, 1.54) is 4.90 Å². The molecule has 6 heteroatoms. The van der Waals surface area contributed by atoms with Crippen molar-refractivity contribution < 1.29 is 9.59 Å². The van der Waals surface area contributed by atoms with Gasteiger partial charge in [-0.15, -0.1) is 0 Å². The molecule has 0 fully saturated rings. The molecule has 164 valence electrons. The summed E-state index contributed by atoms with van der Waals surface area (Å²) in [5.41, 5.74) is 3.94. The molecule has 1 aliphatic rings. The molecule has 1 aromatic heterocycles. The summed E-state index contributed by atoms with van der Waals surface area (Å²) in [5, 5.41) is 14.4. The van der Waals surface area contributed by atoms with Crippen LogP contribution < -0.4 is 0 Å². The first-order chi connectivity index (χ1) is 15.9. The second kappa shape index (κ2) is 9.09. The highest BCUT2D eigenvalue weighted by Crippen LogP contribution is 2.31. The molecule has 0 bridgehead atoms. The van der Waals surface area contributed by atoms with Crippen molar-refractivity contribution >= 4 is 17.9 Å². The number of imide groups is 1. The number of amides is 2. The van der Waals surface area contributed by atoms with E-state index in [4.69, 9.17) is 5.10 Å². The van der Waals surface area contributed by atoms with Gasteiger partial charge in [-0.05, 0) is 36.6 Å². The van der Waals surface area contributed by atoms with Crippen LogP contribution in [0.15, 0.2) is 83.6 Å². The number of hydrogen-bond acceptors (Lipinski definition) is 4. The van der Waals surface area contributed by atoms with Gasteiger partial charge in [0.15, 0.2) is 0 Å². The molecule has 0 spiro atoms. The molecular formula is C27H24N4O2. The molecule has 4 rings (SSSR count). The molecule has 3 aromatic rings. The lowest BCUT2D eigenvalue weighted by atomic mass is 9.92. The van der Waals surface area contributed by atoms with Crippen LogP contribution in [0.25, 0.3) is 23.0 Å². The van der Waals surface area contributed by atoms with Gasteiger partial charge < -0.3 is 0 Å². The zero-order chi connectivity index (χ0) is 23.5. The van der Waals surface area contributed by atoms with Crippen LogP contribution in [0.4, 0.5) is 0 Å². The summed E-state index contributed by atoms with van der Waals surface area (Å²) in [5.74, 6) is -0.844. The van der Waals surface area contributed by atoms with E-state index in [0.29, 0.717) is 16.8 Å². The van der Waals surface area contributed by atoms with Gasteiger partial charge in [0.2, 0.25) is 0 Å². The fourth-order valence-corrected chi connectivity index (χ4v) is 3.84. The maximum absolute atomic E-state index is 13.3. The zero-order valence-corrected chi connectivity index (χ0v) is 18.8. The van der Waals surface area contributed by atoms with Gasteiger partial charge in [0.1, 0.15) is 11.6 Å². The predicted octanol–water partition coefficient (Wildman–Crippen LogP) is 4.79. The highest BCUT2D eigenvalue weighted by Gasteiger charge is 2.35. The Kier molecular flexibility index (Phi) is 6.05. The highest BCUT2D eigenvalue weighted by molar-refractivity contribution is 6.19. The normalized spacial score (nSPS) is 15.5. The first-order valence-corrected chi connectivity index (χ1v) is 10.8. The number of nitrogens with zero attached hydrogens (tertiary/aromatic N) is 4. The molecule has 0 atom stereocenters. The summed E-state index contributed by atoms with van der Waals surface area (Å²) in [4.78, 5) is 27.3. The highest BCUT2D eigenvalue weighted by atomic mass is 16.2. The molecule has 6 nitrogen and oxygen atoms in total. The summed E-state index contributed by atoms with van der Waals surface area (Å²) < 4.78 is 1.77. The lowest BCUT2D eigenvalue weighted by molar-refractivity contribution is -0.141. The molecule has 2 aromatic carbocycles. The van der Waals surface area contributed by atoms with Crippen molar-refractivity contribution in [1.29, 1.82) is 5.26 Å². The second-order valence-corrected chi connectivity index (χ2v) is 8.36. The molecule has 0 aliphatic carbocycles. The Bertz CT molecular complexity index is 1310. The van der Waals surface area contributed by atoms with E-state index in [1.807, 2.05) is 86.8 Å². The fourth-order valence-electron chi connectivity index (χ4n) is 3.84. The summed E-state index contributed by atoms with van der Waals surface area (Å²) in [6, 6.07) is 21.4. The van der Waals surface area contributed by atoms with Crippen LogP contribution in [0.1, 0.15) is 26.3 Å². The average molecular weight is 437 g/mol. The lowest BCUT2D eigenvalue weighted by Gasteiger charge is -2.28. The molecule has 0 N–H and O–H groups in total. The molecule has 0 saturated carbocycles. The summed E-state index contributed by atoms with van der Waals surface area (Å²) >= 11 is 0. The number of benzene rings is 2. The smallest absolute Gasteiger partial charge is 0.271 e. The van der Waals surface area contributed by atoms with Crippen molar-refractivity contribution in [3.05, 3.63) is 89.1 Å². The minimum absolute atomic E-state index is 0.00166.